The van der Waals surface area contributed by atoms with Crippen LogP contribution < -0.4 is 5.73 Å². The molecule has 4 nitrogen and oxygen atoms in total. The number of rotatable bonds is 0. The Morgan fingerprint density at radius 1 is 1.35 bits per heavy atom. The summed E-state index contributed by atoms with van der Waals surface area (Å²) in [6.07, 6.45) is 2.45. The van der Waals surface area contributed by atoms with E-state index in [1.807, 2.05) is 32.9 Å². The quantitative estimate of drug-likeness (QED) is 0.778. The molecule has 2 aliphatic rings. The smallest absolute Gasteiger partial charge is 0.410 e. The number of nitrogens with two attached hydrogens (primary N) is 1. The summed E-state index contributed by atoms with van der Waals surface area (Å²) in [7, 11) is 0. The molecule has 1 atom stereocenters. The molecule has 0 bridgehead atoms. The lowest BCUT2D eigenvalue weighted by atomic mass is 9.73. The number of ether oxygens (including phenoxy) is 1. The van der Waals surface area contributed by atoms with E-state index in [4.69, 9.17) is 22.1 Å². The first-order valence-electron chi connectivity index (χ1n) is 8.24. The van der Waals surface area contributed by atoms with E-state index >= 15 is 0 Å². The highest BCUT2D eigenvalue weighted by molar-refractivity contribution is 6.31. The van der Waals surface area contributed by atoms with Crippen molar-refractivity contribution >= 4 is 17.7 Å². The highest BCUT2D eigenvalue weighted by Crippen LogP contribution is 2.52. The van der Waals surface area contributed by atoms with Gasteiger partial charge in [0.15, 0.2) is 0 Å². The van der Waals surface area contributed by atoms with Gasteiger partial charge >= 0.3 is 6.09 Å². The number of likely N-dealkylation sites (tertiary alicyclic amines) is 1. The highest BCUT2D eigenvalue weighted by Gasteiger charge is 2.46. The van der Waals surface area contributed by atoms with Crippen molar-refractivity contribution in [3.05, 3.63) is 34.3 Å². The summed E-state index contributed by atoms with van der Waals surface area (Å²) in [6.45, 7) is 7.05. The summed E-state index contributed by atoms with van der Waals surface area (Å²) in [5.74, 6) is 0. The second kappa shape index (κ2) is 5.67. The van der Waals surface area contributed by atoms with E-state index in [9.17, 15) is 4.79 Å². The second-order valence-corrected chi connectivity index (χ2v) is 8.17. The molecule has 0 radical (unpaired) electrons. The molecule has 1 spiro atoms. The zero-order valence-electron chi connectivity index (χ0n) is 14.1. The lowest BCUT2D eigenvalue weighted by Crippen LogP contribution is -2.46. The molecule has 0 saturated carbocycles. The van der Waals surface area contributed by atoms with Crippen LogP contribution in [0.25, 0.3) is 0 Å². The Kier molecular flexibility index (Phi) is 4.09. The van der Waals surface area contributed by atoms with E-state index in [1.54, 1.807) is 4.90 Å². The molecule has 126 valence electrons. The van der Waals surface area contributed by atoms with Gasteiger partial charge in [0, 0.05) is 29.6 Å². The molecule has 23 heavy (non-hydrogen) atoms. The SMILES string of the molecule is CC(C)(C)OC(=O)N1CCC2(CC1)C[C@@H](N)c1cccc(Cl)c12. The van der Waals surface area contributed by atoms with Crippen LogP contribution in [0.15, 0.2) is 18.2 Å². The van der Waals surface area contributed by atoms with Crippen molar-refractivity contribution in [3.63, 3.8) is 0 Å². The van der Waals surface area contributed by atoms with Crippen molar-refractivity contribution in [1.29, 1.82) is 0 Å². The fraction of sp³-hybridized carbons (Fsp3) is 0.611. The van der Waals surface area contributed by atoms with Gasteiger partial charge in [-0.05, 0) is 57.2 Å². The summed E-state index contributed by atoms with van der Waals surface area (Å²) < 4.78 is 5.48. The number of hydrogen-bond donors (Lipinski definition) is 1. The van der Waals surface area contributed by atoms with Gasteiger partial charge in [-0.15, -0.1) is 0 Å². The van der Waals surface area contributed by atoms with E-state index in [-0.39, 0.29) is 17.6 Å². The van der Waals surface area contributed by atoms with E-state index in [1.165, 1.54) is 11.1 Å². The van der Waals surface area contributed by atoms with Gasteiger partial charge in [0.2, 0.25) is 0 Å². The van der Waals surface area contributed by atoms with Crippen LogP contribution in [0.1, 0.15) is 57.2 Å². The Balaban J connectivity index is 1.77. The van der Waals surface area contributed by atoms with Crippen LogP contribution in [-0.4, -0.2) is 29.7 Å². The van der Waals surface area contributed by atoms with Crippen molar-refractivity contribution < 1.29 is 9.53 Å². The van der Waals surface area contributed by atoms with Gasteiger partial charge < -0.3 is 15.4 Å². The first-order valence-corrected chi connectivity index (χ1v) is 8.62. The number of carbonyl (C=O) groups excluding carboxylic acids is 1. The Morgan fingerprint density at radius 2 is 2.00 bits per heavy atom. The maximum Gasteiger partial charge on any atom is 0.410 e. The van der Waals surface area contributed by atoms with Gasteiger partial charge in [0.25, 0.3) is 0 Å². The van der Waals surface area contributed by atoms with Crippen LogP contribution in [0.3, 0.4) is 0 Å². The Bertz CT molecular complexity index is 616. The monoisotopic (exact) mass is 336 g/mol. The van der Waals surface area contributed by atoms with Crippen molar-refractivity contribution in [2.24, 2.45) is 5.73 Å². The summed E-state index contributed by atoms with van der Waals surface area (Å²) in [6, 6.07) is 6.04. The molecule has 1 aliphatic heterocycles. The molecule has 1 heterocycles. The summed E-state index contributed by atoms with van der Waals surface area (Å²) in [5, 5.41) is 0.807. The maximum absolute atomic E-state index is 12.2. The van der Waals surface area contributed by atoms with Gasteiger partial charge in [-0.1, -0.05) is 23.7 Å². The zero-order chi connectivity index (χ0) is 16.8. The lowest BCUT2D eigenvalue weighted by Gasteiger charge is -2.40. The molecule has 1 amide bonds. The molecule has 0 aromatic heterocycles. The molecule has 0 unspecified atom stereocenters. The largest absolute Gasteiger partial charge is 0.444 e. The molecule has 1 aliphatic carbocycles. The molecule has 1 saturated heterocycles. The van der Waals surface area contributed by atoms with Gasteiger partial charge in [-0.2, -0.15) is 0 Å². The minimum Gasteiger partial charge on any atom is -0.444 e. The molecule has 1 fully saturated rings. The van der Waals surface area contributed by atoms with Crippen molar-refractivity contribution in [3.8, 4) is 0 Å². The predicted octanol–water partition coefficient (Wildman–Crippen LogP) is 4.01. The molecule has 1 aromatic rings. The van der Waals surface area contributed by atoms with Crippen LogP contribution >= 0.6 is 11.6 Å². The number of carbonyl (C=O) groups is 1. The van der Waals surface area contributed by atoms with Gasteiger partial charge in [0.1, 0.15) is 5.60 Å². The van der Waals surface area contributed by atoms with Gasteiger partial charge in [-0.25, -0.2) is 4.79 Å². The third kappa shape index (κ3) is 3.07. The zero-order valence-corrected chi connectivity index (χ0v) is 14.8. The van der Waals surface area contributed by atoms with Crippen LogP contribution in [0.2, 0.25) is 5.02 Å². The van der Waals surface area contributed by atoms with E-state index < -0.39 is 5.60 Å². The predicted molar refractivity (Wildman–Crippen MR) is 91.7 cm³/mol. The summed E-state index contributed by atoms with van der Waals surface area (Å²) in [5.41, 5.74) is 8.26. The minimum atomic E-state index is -0.460. The van der Waals surface area contributed by atoms with Crippen molar-refractivity contribution in [2.75, 3.05) is 13.1 Å². The first-order chi connectivity index (χ1) is 10.7. The van der Waals surface area contributed by atoms with E-state index in [0.29, 0.717) is 13.1 Å². The average molecular weight is 337 g/mol. The molecule has 3 rings (SSSR count). The number of benzene rings is 1. The summed E-state index contributed by atoms with van der Waals surface area (Å²) in [4.78, 5) is 14.0. The van der Waals surface area contributed by atoms with E-state index in [2.05, 4.69) is 6.07 Å². The third-order valence-electron chi connectivity index (χ3n) is 4.96. The molecule has 5 heteroatoms. The van der Waals surface area contributed by atoms with Crippen LogP contribution in [0.5, 0.6) is 0 Å². The number of nitrogens with zero attached hydrogens (tertiary/aromatic N) is 1. The normalized spacial score (nSPS) is 23.0. The van der Waals surface area contributed by atoms with E-state index in [0.717, 1.165) is 24.3 Å². The number of halogens is 1. The standard InChI is InChI=1S/C18H25ClN2O2/c1-17(2,3)23-16(22)21-9-7-18(8-10-21)11-14(20)12-5-4-6-13(19)15(12)18/h4-6,14H,7-11,20H2,1-3H3/t14-/m1/s1. The first kappa shape index (κ1) is 16.6. The molecule has 1 aromatic carbocycles. The molecule has 2 N–H and O–H groups in total. The number of hydrogen-bond acceptors (Lipinski definition) is 3. The molecular weight excluding hydrogens is 312 g/mol. The lowest BCUT2D eigenvalue weighted by molar-refractivity contribution is 0.0162. The average Bonchev–Trinajstić information content (AvgIpc) is 2.72. The Labute approximate surface area is 142 Å². The highest BCUT2D eigenvalue weighted by atomic mass is 35.5. The number of amides is 1. The maximum atomic E-state index is 12.2. The summed E-state index contributed by atoms with van der Waals surface area (Å²) >= 11 is 6.48. The van der Waals surface area contributed by atoms with Gasteiger partial charge in [-0.3, -0.25) is 0 Å². The second-order valence-electron chi connectivity index (χ2n) is 7.76. The van der Waals surface area contributed by atoms with Gasteiger partial charge in [0.05, 0.1) is 0 Å². The Morgan fingerprint density at radius 3 is 2.61 bits per heavy atom. The fourth-order valence-electron chi connectivity index (χ4n) is 3.94. The van der Waals surface area contributed by atoms with Crippen LogP contribution in [0, 0.1) is 0 Å². The third-order valence-corrected chi connectivity index (χ3v) is 5.27. The Hall–Kier alpha value is -1.26. The number of piperidine rings is 1. The molecular formula is C18H25ClN2O2. The topological polar surface area (TPSA) is 55.6 Å². The minimum absolute atomic E-state index is 0.00556. The van der Waals surface area contributed by atoms with Crippen LogP contribution in [-0.2, 0) is 10.2 Å². The fourth-order valence-corrected chi connectivity index (χ4v) is 4.32. The van der Waals surface area contributed by atoms with Crippen molar-refractivity contribution in [1.82, 2.24) is 4.90 Å². The number of fused-ring (bicyclic) bond motifs is 2. The van der Waals surface area contributed by atoms with Crippen LogP contribution in [0.4, 0.5) is 4.79 Å². The van der Waals surface area contributed by atoms with Crippen molar-refractivity contribution in [2.45, 2.75) is 57.1 Å².